The molecule has 2 aliphatic rings. The molecule has 0 spiro atoms. The molecule has 1 fully saturated rings. The normalized spacial score (nSPS) is 27.4. The maximum absolute atomic E-state index is 11.8. The minimum absolute atomic E-state index is 0.118. The number of amides is 2. The first kappa shape index (κ1) is 14.0. The number of hydrogen-bond donors (Lipinski definition) is 2. The largest absolute Gasteiger partial charge is 0.351 e. The molecule has 1 heterocycles. The van der Waals surface area contributed by atoms with Gasteiger partial charge in [0.15, 0.2) is 0 Å². The number of carbonyl (C=O) groups excluding carboxylic acids is 2. The van der Waals surface area contributed by atoms with Crippen molar-refractivity contribution in [1.82, 2.24) is 10.7 Å². The zero-order valence-electron chi connectivity index (χ0n) is 11.6. The van der Waals surface area contributed by atoms with E-state index in [9.17, 15) is 9.59 Å². The second-order valence-corrected chi connectivity index (χ2v) is 5.76. The van der Waals surface area contributed by atoms with Crippen LogP contribution in [0.3, 0.4) is 0 Å². The lowest BCUT2D eigenvalue weighted by Crippen LogP contribution is -2.37. The summed E-state index contributed by atoms with van der Waals surface area (Å²) in [7, 11) is 0. The molecule has 5 heteroatoms. The maximum Gasteiger partial charge on any atom is 0.267 e. The van der Waals surface area contributed by atoms with Crippen LogP contribution in [0.5, 0.6) is 0 Å². The van der Waals surface area contributed by atoms with E-state index in [1.807, 2.05) is 0 Å². The Bertz CT molecular complexity index is 371. The molecule has 0 saturated heterocycles. The Morgan fingerprint density at radius 1 is 1.32 bits per heavy atom. The molecule has 0 aromatic carbocycles. The molecule has 2 rings (SSSR count). The van der Waals surface area contributed by atoms with Crippen molar-refractivity contribution >= 4 is 17.5 Å². The zero-order chi connectivity index (χ0) is 13.7. The van der Waals surface area contributed by atoms with E-state index >= 15 is 0 Å². The second kappa shape index (κ2) is 6.68. The van der Waals surface area contributed by atoms with Crippen LogP contribution in [0.25, 0.3) is 0 Å². The van der Waals surface area contributed by atoms with Gasteiger partial charge >= 0.3 is 0 Å². The number of hydrazone groups is 1. The molecular formula is C14H23N3O2. The molecule has 0 bridgehead atoms. The van der Waals surface area contributed by atoms with Gasteiger partial charge < -0.3 is 5.32 Å². The molecule has 0 radical (unpaired) electrons. The van der Waals surface area contributed by atoms with Gasteiger partial charge in [0.25, 0.3) is 5.91 Å². The molecule has 2 N–H and O–H groups in total. The van der Waals surface area contributed by atoms with Gasteiger partial charge in [0.05, 0.1) is 0 Å². The Balaban J connectivity index is 1.65. The van der Waals surface area contributed by atoms with Crippen molar-refractivity contribution in [2.45, 2.75) is 51.9 Å². The second-order valence-electron chi connectivity index (χ2n) is 5.76. The Morgan fingerprint density at radius 2 is 2.05 bits per heavy atom. The fourth-order valence-corrected chi connectivity index (χ4v) is 2.75. The van der Waals surface area contributed by atoms with Crippen LogP contribution in [0, 0.1) is 11.8 Å². The smallest absolute Gasteiger partial charge is 0.267 e. The summed E-state index contributed by atoms with van der Waals surface area (Å²) < 4.78 is 0. The quantitative estimate of drug-likeness (QED) is 0.810. The molecule has 1 aliphatic heterocycles. The Labute approximate surface area is 114 Å². The fraction of sp³-hybridized carbons (Fsp3) is 0.786. The van der Waals surface area contributed by atoms with Crippen molar-refractivity contribution in [3.8, 4) is 0 Å². The van der Waals surface area contributed by atoms with Crippen molar-refractivity contribution in [3.05, 3.63) is 0 Å². The van der Waals surface area contributed by atoms with E-state index in [2.05, 4.69) is 22.8 Å². The highest BCUT2D eigenvalue weighted by atomic mass is 16.2. The minimum atomic E-state index is -0.135. The van der Waals surface area contributed by atoms with Gasteiger partial charge in [-0.05, 0) is 18.3 Å². The topological polar surface area (TPSA) is 70.6 Å². The molecule has 0 atom stereocenters. The number of carbonyl (C=O) groups is 2. The summed E-state index contributed by atoms with van der Waals surface area (Å²) in [6, 6.07) is 0. The van der Waals surface area contributed by atoms with Gasteiger partial charge in [-0.15, -0.1) is 0 Å². The predicted octanol–water partition coefficient (Wildman–Crippen LogP) is 1.58. The van der Waals surface area contributed by atoms with Crippen molar-refractivity contribution in [2.24, 2.45) is 16.9 Å². The summed E-state index contributed by atoms with van der Waals surface area (Å²) in [6.45, 7) is 3.03. The van der Waals surface area contributed by atoms with Gasteiger partial charge in [-0.1, -0.05) is 32.6 Å². The summed E-state index contributed by atoms with van der Waals surface area (Å²) in [5, 5.41) is 6.70. The van der Waals surface area contributed by atoms with E-state index in [1.54, 1.807) is 0 Å². The highest BCUT2D eigenvalue weighted by Crippen LogP contribution is 2.29. The van der Waals surface area contributed by atoms with E-state index in [-0.39, 0.29) is 11.8 Å². The van der Waals surface area contributed by atoms with Crippen LogP contribution >= 0.6 is 0 Å². The summed E-state index contributed by atoms with van der Waals surface area (Å²) in [6.07, 6.45) is 7.06. The van der Waals surface area contributed by atoms with Gasteiger partial charge in [-0.25, -0.2) is 5.43 Å². The standard InChI is InChI=1S/C14H23N3O2/c1-10-2-4-11(5-3-10)8-9-15-14(19)12-6-7-13(18)17-16-12/h10-11H,2-9H2,1H3,(H,15,19)(H,17,18). The third kappa shape index (κ3) is 4.33. The van der Waals surface area contributed by atoms with Crippen LogP contribution in [0.15, 0.2) is 5.10 Å². The summed E-state index contributed by atoms with van der Waals surface area (Å²) >= 11 is 0. The van der Waals surface area contributed by atoms with E-state index in [4.69, 9.17) is 0 Å². The third-order valence-corrected chi connectivity index (χ3v) is 4.14. The molecule has 106 valence electrons. The van der Waals surface area contributed by atoms with Crippen LogP contribution < -0.4 is 10.7 Å². The highest BCUT2D eigenvalue weighted by Gasteiger charge is 2.20. The van der Waals surface area contributed by atoms with Gasteiger partial charge in [-0.3, -0.25) is 9.59 Å². The lowest BCUT2D eigenvalue weighted by molar-refractivity contribution is -0.121. The molecule has 1 aliphatic carbocycles. The third-order valence-electron chi connectivity index (χ3n) is 4.14. The van der Waals surface area contributed by atoms with E-state index in [0.29, 0.717) is 25.1 Å². The highest BCUT2D eigenvalue weighted by molar-refractivity contribution is 6.39. The molecule has 1 saturated carbocycles. The van der Waals surface area contributed by atoms with E-state index in [1.165, 1.54) is 25.7 Å². The first-order valence-electron chi connectivity index (χ1n) is 7.28. The van der Waals surface area contributed by atoms with Gasteiger partial charge in [0, 0.05) is 19.4 Å². The first-order chi connectivity index (χ1) is 9.15. The summed E-state index contributed by atoms with van der Waals surface area (Å²) in [5.41, 5.74) is 2.79. The van der Waals surface area contributed by atoms with E-state index in [0.717, 1.165) is 18.3 Å². The fourth-order valence-electron chi connectivity index (χ4n) is 2.75. The molecule has 0 unspecified atom stereocenters. The molecule has 0 aromatic heterocycles. The average molecular weight is 265 g/mol. The van der Waals surface area contributed by atoms with Gasteiger partial charge in [0.1, 0.15) is 5.71 Å². The van der Waals surface area contributed by atoms with E-state index < -0.39 is 0 Å². The molecular weight excluding hydrogens is 242 g/mol. The summed E-state index contributed by atoms with van der Waals surface area (Å²) in [4.78, 5) is 22.7. The van der Waals surface area contributed by atoms with Crippen LogP contribution in [0.4, 0.5) is 0 Å². The minimum Gasteiger partial charge on any atom is -0.351 e. The van der Waals surface area contributed by atoms with Crippen LogP contribution in [0.2, 0.25) is 0 Å². The van der Waals surface area contributed by atoms with Crippen LogP contribution in [-0.4, -0.2) is 24.1 Å². The lowest BCUT2D eigenvalue weighted by Gasteiger charge is -2.26. The van der Waals surface area contributed by atoms with Crippen molar-refractivity contribution < 1.29 is 9.59 Å². The number of nitrogens with one attached hydrogen (secondary N) is 2. The van der Waals surface area contributed by atoms with Crippen LogP contribution in [-0.2, 0) is 9.59 Å². The average Bonchev–Trinajstić information content (AvgIpc) is 2.41. The van der Waals surface area contributed by atoms with Gasteiger partial charge in [0.2, 0.25) is 5.91 Å². The first-order valence-corrected chi connectivity index (χ1v) is 7.28. The number of nitrogens with zero attached hydrogens (tertiary/aromatic N) is 1. The van der Waals surface area contributed by atoms with Crippen molar-refractivity contribution in [3.63, 3.8) is 0 Å². The van der Waals surface area contributed by atoms with Gasteiger partial charge in [-0.2, -0.15) is 5.10 Å². The lowest BCUT2D eigenvalue weighted by atomic mass is 9.81. The maximum atomic E-state index is 11.8. The Kier molecular flexibility index (Phi) is 4.93. The SMILES string of the molecule is CC1CCC(CCNC(=O)C2=NNC(=O)CC2)CC1. The van der Waals surface area contributed by atoms with Crippen LogP contribution in [0.1, 0.15) is 51.9 Å². The van der Waals surface area contributed by atoms with Crippen molar-refractivity contribution in [2.75, 3.05) is 6.54 Å². The molecule has 2 amide bonds. The predicted molar refractivity (Wildman–Crippen MR) is 73.6 cm³/mol. The molecule has 19 heavy (non-hydrogen) atoms. The molecule has 5 nitrogen and oxygen atoms in total. The Hall–Kier alpha value is -1.39. The zero-order valence-corrected chi connectivity index (χ0v) is 11.6. The number of rotatable bonds is 4. The Morgan fingerprint density at radius 3 is 2.68 bits per heavy atom. The number of hydrogen-bond acceptors (Lipinski definition) is 3. The molecule has 0 aromatic rings. The summed E-state index contributed by atoms with van der Waals surface area (Å²) in [5.74, 6) is 1.37. The monoisotopic (exact) mass is 265 g/mol. The van der Waals surface area contributed by atoms with Crippen molar-refractivity contribution in [1.29, 1.82) is 0 Å².